The Labute approximate surface area is 167 Å². The Morgan fingerprint density at radius 1 is 0.964 bits per heavy atom. The third-order valence-electron chi connectivity index (χ3n) is 4.71. The Kier molecular flexibility index (Phi) is 6.49. The average Bonchev–Trinajstić information content (AvgIpc) is 2.68. The van der Waals surface area contributed by atoms with Crippen molar-refractivity contribution in [1.29, 1.82) is 0 Å². The van der Waals surface area contributed by atoms with Gasteiger partial charge in [0.05, 0.1) is 4.90 Å². The molecule has 0 radical (unpaired) electrons. The van der Waals surface area contributed by atoms with Gasteiger partial charge in [-0.1, -0.05) is 30.3 Å². The van der Waals surface area contributed by atoms with Crippen LogP contribution in [0.15, 0.2) is 59.5 Å². The normalized spacial score (nSPS) is 15.8. The quantitative estimate of drug-likeness (QED) is 0.807. The number of sulfonamides is 1. The van der Waals surface area contributed by atoms with E-state index >= 15 is 0 Å². The van der Waals surface area contributed by atoms with Crippen LogP contribution in [0, 0.1) is 0 Å². The molecule has 2 aromatic carbocycles. The smallest absolute Gasteiger partial charge is 0.253 e. The van der Waals surface area contributed by atoms with E-state index in [1.54, 1.807) is 26.0 Å². The number of amides is 1. The third kappa shape index (κ3) is 5.19. The maximum Gasteiger partial charge on any atom is 0.253 e. The van der Waals surface area contributed by atoms with Gasteiger partial charge in [0.25, 0.3) is 5.91 Å². The number of hydrogen-bond donors (Lipinski definition) is 1. The largest absolute Gasteiger partial charge is 0.336 e. The molecule has 1 aliphatic heterocycles. The van der Waals surface area contributed by atoms with E-state index in [1.807, 2.05) is 23.1 Å². The summed E-state index contributed by atoms with van der Waals surface area (Å²) in [7, 11) is -3.55. The van der Waals surface area contributed by atoms with E-state index in [0.29, 0.717) is 18.7 Å². The van der Waals surface area contributed by atoms with Crippen LogP contribution in [0.4, 0.5) is 0 Å². The fourth-order valence-corrected chi connectivity index (χ4v) is 4.54. The Morgan fingerprint density at radius 2 is 1.57 bits per heavy atom. The molecule has 1 N–H and O–H groups in total. The number of nitrogens with one attached hydrogen (secondary N) is 1. The van der Waals surface area contributed by atoms with Crippen molar-refractivity contribution in [3.8, 4) is 0 Å². The SMILES string of the molecule is CC(C)NS(=O)(=O)c1ccc(C(=O)N2CCN(Cc3ccccc3)CC2)cc1. The first-order chi connectivity index (χ1) is 13.3. The summed E-state index contributed by atoms with van der Waals surface area (Å²) in [6.45, 7) is 7.41. The maximum absolute atomic E-state index is 12.7. The predicted octanol–water partition coefficient (Wildman–Crippen LogP) is 2.33. The maximum atomic E-state index is 12.7. The summed E-state index contributed by atoms with van der Waals surface area (Å²) in [6, 6.07) is 16.3. The van der Waals surface area contributed by atoms with Gasteiger partial charge >= 0.3 is 0 Å². The van der Waals surface area contributed by atoms with Gasteiger partial charge in [0, 0.05) is 44.3 Å². The highest BCUT2D eigenvalue weighted by atomic mass is 32.2. The highest BCUT2D eigenvalue weighted by molar-refractivity contribution is 7.89. The average molecular weight is 402 g/mol. The zero-order chi connectivity index (χ0) is 20.1. The monoisotopic (exact) mass is 401 g/mol. The Balaban J connectivity index is 1.58. The van der Waals surface area contributed by atoms with Gasteiger partial charge < -0.3 is 4.90 Å². The molecular weight excluding hydrogens is 374 g/mol. The van der Waals surface area contributed by atoms with Crippen LogP contribution in [-0.2, 0) is 16.6 Å². The van der Waals surface area contributed by atoms with E-state index in [4.69, 9.17) is 0 Å². The van der Waals surface area contributed by atoms with Gasteiger partial charge in [-0.3, -0.25) is 9.69 Å². The van der Waals surface area contributed by atoms with Gasteiger partial charge in [0.15, 0.2) is 0 Å². The summed E-state index contributed by atoms with van der Waals surface area (Å²) in [5.74, 6) is -0.0554. The zero-order valence-electron chi connectivity index (χ0n) is 16.3. The zero-order valence-corrected chi connectivity index (χ0v) is 17.2. The molecule has 3 rings (SSSR count). The van der Waals surface area contributed by atoms with Crippen LogP contribution in [0.5, 0.6) is 0 Å². The number of benzene rings is 2. The first-order valence-corrected chi connectivity index (χ1v) is 11.0. The van der Waals surface area contributed by atoms with Crippen molar-refractivity contribution < 1.29 is 13.2 Å². The molecule has 28 heavy (non-hydrogen) atoms. The van der Waals surface area contributed by atoms with Crippen molar-refractivity contribution in [2.24, 2.45) is 0 Å². The van der Waals surface area contributed by atoms with Crippen LogP contribution in [0.2, 0.25) is 0 Å². The topological polar surface area (TPSA) is 69.7 Å². The molecular formula is C21H27N3O3S. The lowest BCUT2D eigenvalue weighted by molar-refractivity contribution is 0.0628. The second-order valence-corrected chi connectivity index (χ2v) is 9.07. The van der Waals surface area contributed by atoms with E-state index < -0.39 is 10.0 Å². The highest BCUT2D eigenvalue weighted by Gasteiger charge is 2.23. The molecule has 1 saturated heterocycles. The lowest BCUT2D eigenvalue weighted by Crippen LogP contribution is -2.48. The van der Waals surface area contributed by atoms with Gasteiger partial charge in [-0.15, -0.1) is 0 Å². The summed E-state index contributed by atoms with van der Waals surface area (Å²) in [4.78, 5) is 17.1. The molecule has 0 bridgehead atoms. The van der Waals surface area contributed by atoms with E-state index in [-0.39, 0.29) is 16.8 Å². The number of carbonyl (C=O) groups excluding carboxylic acids is 1. The number of nitrogens with zero attached hydrogens (tertiary/aromatic N) is 2. The number of piperazine rings is 1. The summed E-state index contributed by atoms with van der Waals surface area (Å²) in [5, 5.41) is 0. The molecule has 0 aliphatic carbocycles. The van der Waals surface area contributed by atoms with Crippen LogP contribution in [0.1, 0.15) is 29.8 Å². The van der Waals surface area contributed by atoms with Crippen molar-refractivity contribution in [3.05, 3.63) is 65.7 Å². The van der Waals surface area contributed by atoms with Gasteiger partial charge in [-0.05, 0) is 43.7 Å². The van der Waals surface area contributed by atoms with Gasteiger partial charge in [-0.25, -0.2) is 13.1 Å². The Morgan fingerprint density at radius 3 is 2.14 bits per heavy atom. The lowest BCUT2D eigenvalue weighted by atomic mass is 10.1. The molecule has 6 nitrogen and oxygen atoms in total. The van der Waals surface area contributed by atoms with Crippen LogP contribution in [-0.4, -0.2) is 56.3 Å². The van der Waals surface area contributed by atoms with Crippen LogP contribution >= 0.6 is 0 Å². The fraction of sp³-hybridized carbons (Fsp3) is 0.381. The van der Waals surface area contributed by atoms with Crippen LogP contribution in [0.25, 0.3) is 0 Å². The molecule has 7 heteroatoms. The highest BCUT2D eigenvalue weighted by Crippen LogP contribution is 2.15. The van der Waals surface area contributed by atoms with Crippen molar-refractivity contribution in [1.82, 2.24) is 14.5 Å². The standard InChI is InChI=1S/C21H27N3O3S/c1-17(2)22-28(26,27)20-10-8-19(9-11-20)21(25)24-14-12-23(13-15-24)16-18-6-4-3-5-7-18/h3-11,17,22H,12-16H2,1-2H3. The van der Waals surface area contributed by atoms with Crippen molar-refractivity contribution in [2.75, 3.05) is 26.2 Å². The van der Waals surface area contributed by atoms with Crippen molar-refractivity contribution in [2.45, 2.75) is 31.3 Å². The Hall–Kier alpha value is -2.22. The molecule has 1 fully saturated rings. The van der Waals surface area contributed by atoms with E-state index in [1.165, 1.54) is 17.7 Å². The number of hydrogen-bond acceptors (Lipinski definition) is 4. The molecule has 1 heterocycles. The molecule has 1 amide bonds. The summed E-state index contributed by atoms with van der Waals surface area (Å²) < 4.78 is 26.9. The number of rotatable bonds is 6. The molecule has 0 unspecified atom stereocenters. The lowest BCUT2D eigenvalue weighted by Gasteiger charge is -2.34. The molecule has 0 spiro atoms. The van der Waals surface area contributed by atoms with Gasteiger partial charge in [0.2, 0.25) is 10.0 Å². The molecule has 150 valence electrons. The first kappa shape index (κ1) is 20.5. The second kappa shape index (κ2) is 8.86. The van der Waals surface area contributed by atoms with Crippen LogP contribution in [0.3, 0.4) is 0 Å². The van der Waals surface area contributed by atoms with Crippen LogP contribution < -0.4 is 4.72 Å². The molecule has 0 saturated carbocycles. The minimum atomic E-state index is -3.55. The first-order valence-electron chi connectivity index (χ1n) is 9.53. The number of carbonyl (C=O) groups is 1. The summed E-state index contributed by atoms with van der Waals surface area (Å²) in [5.41, 5.74) is 1.79. The van der Waals surface area contributed by atoms with Gasteiger partial charge in [0.1, 0.15) is 0 Å². The predicted molar refractivity (Wildman–Crippen MR) is 110 cm³/mol. The van der Waals surface area contributed by atoms with Gasteiger partial charge in [-0.2, -0.15) is 0 Å². The molecule has 2 aromatic rings. The third-order valence-corrected chi connectivity index (χ3v) is 6.39. The van der Waals surface area contributed by atoms with E-state index in [9.17, 15) is 13.2 Å². The Bertz CT molecular complexity index is 888. The second-order valence-electron chi connectivity index (χ2n) is 7.35. The summed E-state index contributed by atoms with van der Waals surface area (Å²) >= 11 is 0. The van der Waals surface area contributed by atoms with Crippen molar-refractivity contribution >= 4 is 15.9 Å². The van der Waals surface area contributed by atoms with E-state index in [2.05, 4.69) is 21.8 Å². The molecule has 0 aromatic heterocycles. The van der Waals surface area contributed by atoms with E-state index in [0.717, 1.165) is 19.6 Å². The molecule has 0 atom stereocenters. The van der Waals surface area contributed by atoms with Crippen molar-refractivity contribution in [3.63, 3.8) is 0 Å². The minimum Gasteiger partial charge on any atom is -0.336 e. The fourth-order valence-electron chi connectivity index (χ4n) is 3.29. The molecule has 1 aliphatic rings. The summed E-state index contributed by atoms with van der Waals surface area (Å²) in [6.07, 6.45) is 0. The minimum absolute atomic E-state index is 0.0554.